The molecule has 5 rings (SSSR count). The number of hydrogen-bond donors (Lipinski definition) is 1. The van der Waals surface area contributed by atoms with Gasteiger partial charge in [-0.3, -0.25) is 14.9 Å². The molecule has 1 amide bonds. The average Bonchev–Trinajstić information content (AvgIpc) is 3.23. The van der Waals surface area contributed by atoms with Gasteiger partial charge in [-0.05, 0) is 51.8 Å². The number of carbonyl (C=O) groups excluding carboxylic acids is 1. The Hall–Kier alpha value is -4.36. The minimum atomic E-state index is -0.670. The molecule has 2 aromatic rings. The third kappa shape index (κ3) is 5.57. The average molecular weight is 576 g/mol. The molecule has 0 radical (unpaired) electrons. The Kier molecular flexibility index (Phi) is 8.92. The molecule has 3 aliphatic rings. The minimum absolute atomic E-state index is 0.00952. The first-order valence-electron chi connectivity index (χ1n) is 13.6. The van der Waals surface area contributed by atoms with Gasteiger partial charge >= 0.3 is 6.09 Å². The van der Waals surface area contributed by atoms with E-state index in [-0.39, 0.29) is 35.1 Å². The summed E-state index contributed by atoms with van der Waals surface area (Å²) in [5.74, 6) is 1.60. The highest BCUT2D eigenvalue weighted by Crippen LogP contribution is 2.38. The molecule has 1 N–H and O–H groups in total. The van der Waals surface area contributed by atoms with Gasteiger partial charge < -0.3 is 14.7 Å². The highest BCUT2D eigenvalue weighted by atomic mass is 19.1. The van der Waals surface area contributed by atoms with Gasteiger partial charge in [-0.1, -0.05) is 30.2 Å². The number of rotatable bonds is 3. The van der Waals surface area contributed by atoms with Gasteiger partial charge in [0.05, 0.1) is 23.2 Å². The van der Waals surface area contributed by atoms with Gasteiger partial charge in [0.1, 0.15) is 28.6 Å². The van der Waals surface area contributed by atoms with Gasteiger partial charge in [0.15, 0.2) is 5.83 Å². The van der Waals surface area contributed by atoms with E-state index < -0.39 is 17.2 Å². The number of allylic oxidation sites excluding steroid dienone is 2. The van der Waals surface area contributed by atoms with E-state index in [0.29, 0.717) is 40.8 Å². The van der Waals surface area contributed by atoms with Crippen LogP contribution >= 0.6 is 0 Å². The summed E-state index contributed by atoms with van der Waals surface area (Å²) in [6, 6.07) is 7.95. The maximum atomic E-state index is 16.2. The second-order valence-electron chi connectivity index (χ2n) is 11.0. The first-order valence-corrected chi connectivity index (χ1v) is 13.6. The van der Waals surface area contributed by atoms with Crippen molar-refractivity contribution in [1.82, 2.24) is 9.80 Å². The number of amides is 1. The lowest BCUT2D eigenvalue weighted by Gasteiger charge is -2.42. The molecule has 2 bridgehead atoms. The van der Waals surface area contributed by atoms with Crippen molar-refractivity contribution in [2.75, 3.05) is 27.2 Å². The number of terminal acetylenes is 1. The van der Waals surface area contributed by atoms with Crippen molar-refractivity contribution < 1.29 is 23.4 Å². The summed E-state index contributed by atoms with van der Waals surface area (Å²) in [5.41, 5.74) is 0.280. The quantitative estimate of drug-likeness (QED) is 0.394. The zero-order chi connectivity index (χ0) is 30.8. The Balaban J connectivity index is 0.00000198. The van der Waals surface area contributed by atoms with Gasteiger partial charge in [0.25, 0.3) is 0 Å². The number of aliphatic hydroxyl groups excluding tert-OH is 1. The molecule has 2 fully saturated rings. The van der Waals surface area contributed by atoms with Crippen LogP contribution < -0.4 is 0 Å². The van der Waals surface area contributed by atoms with Crippen molar-refractivity contribution in [2.45, 2.75) is 51.3 Å². The summed E-state index contributed by atoms with van der Waals surface area (Å²) in [4.78, 5) is 29.7. The molecule has 2 aromatic carbocycles. The van der Waals surface area contributed by atoms with Crippen molar-refractivity contribution in [2.24, 2.45) is 15.0 Å². The lowest BCUT2D eigenvalue weighted by molar-refractivity contribution is -0.000492. The number of ether oxygens (including phenoxy) is 1. The topological polar surface area (TPSA) is 90.1 Å². The number of likely N-dealkylation sites (tertiary alicyclic amines) is 1. The van der Waals surface area contributed by atoms with E-state index in [1.165, 1.54) is 19.3 Å². The monoisotopic (exact) mass is 575 g/mol. The first kappa shape index (κ1) is 30.6. The third-order valence-corrected chi connectivity index (χ3v) is 7.39. The van der Waals surface area contributed by atoms with Gasteiger partial charge in [0.2, 0.25) is 0 Å². The van der Waals surface area contributed by atoms with Crippen molar-refractivity contribution in [1.29, 1.82) is 0 Å². The number of carbonyl (C=O) groups is 1. The van der Waals surface area contributed by atoms with Crippen LogP contribution in [0.4, 0.5) is 13.6 Å². The van der Waals surface area contributed by atoms with E-state index >= 15 is 4.39 Å². The molecule has 0 aliphatic carbocycles. The molecule has 220 valence electrons. The van der Waals surface area contributed by atoms with Gasteiger partial charge in [0, 0.05) is 44.4 Å². The summed E-state index contributed by atoms with van der Waals surface area (Å²) in [5, 5.41) is 8.08. The van der Waals surface area contributed by atoms with Crippen molar-refractivity contribution in [3.63, 3.8) is 0 Å². The fraction of sp³-hybridized carbons (Fsp3) is 0.375. The second kappa shape index (κ2) is 12.2. The Labute approximate surface area is 244 Å². The highest BCUT2D eigenvalue weighted by molar-refractivity contribution is 6.29. The molecule has 3 aliphatic heterocycles. The molecule has 0 spiro atoms. The highest BCUT2D eigenvalue weighted by Gasteiger charge is 2.45. The number of aliphatic imine (C=N–C) groups is 3. The van der Waals surface area contributed by atoms with Crippen LogP contribution in [0.25, 0.3) is 16.5 Å². The van der Waals surface area contributed by atoms with Crippen LogP contribution in [0, 0.1) is 18.2 Å². The second-order valence-corrected chi connectivity index (χ2v) is 11.0. The third-order valence-electron chi connectivity index (χ3n) is 7.39. The Morgan fingerprint density at radius 2 is 1.83 bits per heavy atom. The zero-order valence-corrected chi connectivity index (χ0v) is 24.5. The Bertz CT molecular complexity index is 1560. The number of benzene rings is 2. The molecular weight excluding hydrogens is 540 g/mol. The lowest BCUT2D eigenvalue weighted by atomic mass is 9.94. The molecule has 2 unspecified atom stereocenters. The number of piperazine rings is 1. The number of fused-ring (bicyclic) bond motifs is 3. The van der Waals surface area contributed by atoms with E-state index in [4.69, 9.17) is 16.3 Å². The van der Waals surface area contributed by atoms with Gasteiger partial charge in [-0.2, -0.15) is 0 Å². The first-order chi connectivity index (χ1) is 20.1. The minimum Gasteiger partial charge on any atom is -0.444 e. The summed E-state index contributed by atoms with van der Waals surface area (Å²) in [7, 11) is 2.49. The summed E-state index contributed by atoms with van der Waals surface area (Å²) in [6.45, 7) is 10.3. The van der Waals surface area contributed by atoms with Crippen LogP contribution in [0.5, 0.6) is 0 Å². The van der Waals surface area contributed by atoms with Crippen LogP contribution in [0.2, 0.25) is 0 Å². The van der Waals surface area contributed by atoms with Crippen LogP contribution in [-0.2, 0) is 4.74 Å². The van der Waals surface area contributed by atoms with E-state index in [2.05, 4.69) is 27.6 Å². The molecule has 8 nitrogen and oxygen atoms in total. The van der Waals surface area contributed by atoms with Crippen LogP contribution in [0.15, 0.2) is 62.5 Å². The number of halogens is 2. The van der Waals surface area contributed by atoms with E-state index in [0.717, 1.165) is 20.0 Å². The van der Waals surface area contributed by atoms with Crippen molar-refractivity contribution >= 4 is 41.2 Å². The molecule has 0 saturated carbocycles. The van der Waals surface area contributed by atoms with Gasteiger partial charge in [-0.15, -0.1) is 6.42 Å². The van der Waals surface area contributed by atoms with Crippen molar-refractivity contribution in [3.05, 3.63) is 64.5 Å². The van der Waals surface area contributed by atoms with Crippen molar-refractivity contribution in [3.8, 4) is 12.3 Å². The summed E-state index contributed by atoms with van der Waals surface area (Å²) in [6.07, 6.45) is 8.47. The number of hydrogen-bond acceptors (Lipinski definition) is 7. The molecule has 0 aromatic heterocycles. The molecule has 10 heteroatoms. The van der Waals surface area contributed by atoms with Crippen LogP contribution in [0.1, 0.15) is 44.7 Å². The molecule has 2 saturated heterocycles. The SMILES string of the molecule is C#Cc1c(F)ccc2cccc(C3=C(F)C(=NC)/C(=C(\N=C)N4CC5CCC(C4)N5C(=O)OC(C)(C)C)C=N3)c12.CO. The maximum Gasteiger partial charge on any atom is 0.410 e. The van der Waals surface area contributed by atoms with Crippen LogP contribution in [-0.4, -0.2) is 84.6 Å². The van der Waals surface area contributed by atoms with Crippen LogP contribution in [0.3, 0.4) is 0 Å². The maximum absolute atomic E-state index is 16.2. The number of nitrogens with zero attached hydrogens (tertiary/aromatic N) is 5. The predicted molar refractivity (Wildman–Crippen MR) is 163 cm³/mol. The fourth-order valence-corrected chi connectivity index (χ4v) is 5.78. The Morgan fingerprint density at radius 1 is 1.17 bits per heavy atom. The zero-order valence-electron chi connectivity index (χ0n) is 24.5. The molecule has 2 atom stereocenters. The standard InChI is InChI=1S/C31H31F2N5O2.CH4O/c1-7-21-24(32)14-11-18-9-8-10-22(25(18)21)28-26(33)27(34-5)23(15-36-28)29(35-6)37-16-19-12-13-20(17-37)38(19)30(39)40-31(2,3)4;1-2/h1,8-11,14-15,19-20H,6,12-13,16-17H2,2-5H3;2H,1H3/b29-23+,34-27?;. The normalized spacial score (nSPS) is 22.1. The molecule has 42 heavy (non-hydrogen) atoms. The van der Waals surface area contributed by atoms with E-state index in [1.807, 2.05) is 30.6 Å². The van der Waals surface area contributed by atoms with Gasteiger partial charge in [-0.25, -0.2) is 18.6 Å². The smallest absolute Gasteiger partial charge is 0.410 e. The largest absolute Gasteiger partial charge is 0.444 e. The summed E-state index contributed by atoms with van der Waals surface area (Å²) >= 11 is 0. The summed E-state index contributed by atoms with van der Waals surface area (Å²) < 4.78 is 36.4. The lowest BCUT2D eigenvalue weighted by Crippen LogP contribution is -2.56. The molecule has 3 heterocycles. The Morgan fingerprint density at radius 3 is 2.40 bits per heavy atom. The fourth-order valence-electron chi connectivity index (χ4n) is 5.78. The predicted octanol–water partition coefficient (Wildman–Crippen LogP) is 5.36. The number of aliphatic hydroxyl groups is 1. The van der Waals surface area contributed by atoms with E-state index in [1.54, 1.807) is 24.3 Å². The van der Waals surface area contributed by atoms with E-state index in [9.17, 15) is 9.18 Å². The molecular formula is C32H35F2N5O3.